The maximum Gasteiger partial charge on any atom is 0.156 e. The number of hydrogen-bond donors (Lipinski definition) is 2. The van der Waals surface area contributed by atoms with Crippen LogP contribution in [-0.4, -0.2) is 59.6 Å². The third kappa shape index (κ3) is 3.83. The van der Waals surface area contributed by atoms with Crippen LogP contribution in [0.2, 0.25) is 0 Å². The summed E-state index contributed by atoms with van der Waals surface area (Å²) in [7, 11) is 2.24. The smallest absolute Gasteiger partial charge is 0.156 e. The molecule has 0 aliphatic carbocycles. The number of oxime groups is 1. The highest BCUT2D eigenvalue weighted by Crippen LogP contribution is 2.21. The molecule has 2 fully saturated rings. The average molecular weight is 268 g/mol. The van der Waals surface area contributed by atoms with E-state index >= 15 is 0 Å². The monoisotopic (exact) mass is 268 g/mol. The molecule has 3 N–H and O–H groups in total. The first-order valence-corrected chi connectivity index (χ1v) is 7.64. The molecule has 2 heterocycles. The Kier molecular flexibility index (Phi) is 5.45. The summed E-state index contributed by atoms with van der Waals surface area (Å²) in [5.74, 6) is 0.386. The van der Waals surface area contributed by atoms with Crippen molar-refractivity contribution in [1.29, 1.82) is 0 Å². The van der Waals surface area contributed by atoms with Crippen LogP contribution >= 0.6 is 0 Å². The lowest BCUT2D eigenvalue weighted by atomic mass is 9.97. The SMILES string of the molecule is CN1CCCCC1CCN1CCCCC1C(N)=NO. The van der Waals surface area contributed by atoms with E-state index in [0.29, 0.717) is 11.9 Å². The Hall–Kier alpha value is -0.810. The first kappa shape index (κ1) is 14.6. The number of likely N-dealkylation sites (tertiary alicyclic amines) is 2. The molecule has 0 bridgehead atoms. The highest BCUT2D eigenvalue weighted by Gasteiger charge is 2.27. The van der Waals surface area contributed by atoms with Crippen LogP contribution in [-0.2, 0) is 0 Å². The van der Waals surface area contributed by atoms with Crippen LogP contribution in [0.3, 0.4) is 0 Å². The normalized spacial score (nSPS) is 31.5. The summed E-state index contributed by atoms with van der Waals surface area (Å²) >= 11 is 0. The molecule has 5 heteroatoms. The van der Waals surface area contributed by atoms with Crippen LogP contribution in [0.1, 0.15) is 44.9 Å². The minimum Gasteiger partial charge on any atom is -0.409 e. The summed E-state index contributed by atoms with van der Waals surface area (Å²) in [4.78, 5) is 4.90. The Morgan fingerprint density at radius 2 is 1.95 bits per heavy atom. The first-order valence-electron chi connectivity index (χ1n) is 7.64. The Morgan fingerprint density at radius 3 is 2.68 bits per heavy atom. The zero-order chi connectivity index (χ0) is 13.7. The molecule has 0 amide bonds. The van der Waals surface area contributed by atoms with Crippen LogP contribution in [0.15, 0.2) is 5.16 Å². The van der Waals surface area contributed by atoms with Crippen molar-refractivity contribution in [1.82, 2.24) is 9.80 Å². The van der Waals surface area contributed by atoms with Gasteiger partial charge in [0.1, 0.15) is 0 Å². The molecule has 2 rings (SSSR count). The first-order chi connectivity index (χ1) is 9.22. The lowest BCUT2D eigenvalue weighted by molar-refractivity contribution is 0.132. The van der Waals surface area contributed by atoms with Crippen molar-refractivity contribution in [2.24, 2.45) is 10.9 Å². The number of hydrogen-bond acceptors (Lipinski definition) is 4. The van der Waals surface area contributed by atoms with Gasteiger partial charge in [-0.1, -0.05) is 18.0 Å². The van der Waals surface area contributed by atoms with E-state index in [1.807, 2.05) is 0 Å². The highest BCUT2D eigenvalue weighted by atomic mass is 16.4. The molecule has 0 saturated carbocycles. The van der Waals surface area contributed by atoms with E-state index in [2.05, 4.69) is 22.0 Å². The molecule has 2 atom stereocenters. The van der Waals surface area contributed by atoms with Crippen molar-refractivity contribution in [3.63, 3.8) is 0 Å². The molecule has 2 aliphatic heterocycles. The quantitative estimate of drug-likeness (QED) is 0.351. The second-order valence-corrected chi connectivity index (χ2v) is 5.99. The second kappa shape index (κ2) is 7.10. The summed E-state index contributed by atoms with van der Waals surface area (Å²) in [5.41, 5.74) is 5.82. The summed E-state index contributed by atoms with van der Waals surface area (Å²) in [6, 6.07) is 0.858. The molecule has 0 aromatic carbocycles. The largest absolute Gasteiger partial charge is 0.409 e. The summed E-state index contributed by atoms with van der Waals surface area (Å²) in [5, 5.41) is 12.1. The topological polar surface area (TPSA) is 65.1 Å². The molecular formula is C14H28N4O. The van der Waals surface area contributed by atoms with Gasteiger partial charge in [0.05, 0.1) is 6.04 Å². The van der Waals surface area contributed by atoms with E-state index in [9.17, 15) is 0 Å². The zero-order valence-electron chi connectivity index (χ0n) is 12.1. The Balaban J connectivity index is 1.85. The predicted molar refractivity (Wildman–Crippen MR) is 77.5 cm³/mol. The Morgan fingerprint density at radius 1 is 1.21 bits per heavy atom. The van der Waals surface area contributed by atoms with Gasteiger partial charge in [0, 0.05) is 12.6 Å². The maximum absolute atomic E-state index is 8.89. The Labute approximate surface area is 116 Å². The number of piperidine rings is 2. The molecule has 2 aliphatic rings. The molecule has 0 radical (unpaired) electrons. The van der Waals surface area contributed by atoms with Gasteiger partial charge in [-0.3, -0.25) is 4.90 Å². The van der Waals surface area contributed by atoms with E-state index in [1.165, 1.54) is 45.1 Å². The van der Waals surface area contributed by atoms with Crippen molar-refractivity contribution in [2.45, 2.75) is 57.0 Å². The molecule has 0 aromatic heterocycles. The molecule has 0 aromatic rings. The minimum atomic E-state index is 0.146. The molecule has 2 saturated heterocycles. The Bertz CT molecular complexity index is 308. The average Bonchev–Trinajstić information content (AvgIpc) is 2.46. The zero-order valence-corrected chi connectivity index (χ0v) is 12.1. The number of rotatable bonds is 4. The summed E-state index contributed by atoms with van der Waals surface area (Å²) in [6.07, 6.45) is 8.65. The van der Waals surface area contributed by atoms with Gasteiger partial charge in [-0.2, -0.15) is 0 Å². The van der Waals surface area contributed by atoms with Crippen LogP contribution in [0.4, 0.5) is 0 Å². The van der Waals surface area contributed by atoms with Crippen molar-refractivity contribution >= 4 is 5.84 Å². The standard InChI is InChI=1S/C14H28N4O/c1-17-9-4-2-6-12(17)8-11-18-10-5-3-7-13(18)14(15)16-19/h12-13,19H,2-11H2,1H3,(H2,15,16). The van der Waals surface area contributed by atoms with E-state index in [4.69, 9.17) is 10.9 Å². The van der Waals surface area contributed by atoms with Crippen LogP contribution in [0.5, 0.6) is 0 Å². The number of nitrogens with zero attached hydrogens (tertiary/aromatic N) is 3. The molecular weight excluding hydrogens is 240 g/mol. The van der Waals surface area contributed by atoms with Gasteiger partial charge in [-0.25, -0.2) is 0 Å². The minimum absolute atomic E-state index is 0.146. The van der Waals surface area contributed by atoms with Gasteiger partial charge >= 0.3 is 0 Å². The van der Waals surface area contributed by atoms with Gasteiger partial charge < -0.3 is 15.8 Å². The van der Waals surface area contributed by atoms with Gasteiger partial charge in [-0.15, -0.1) is 0 Å². The van der Waals surface area contributed by atoms with Crippen molar-refractivity contribution in [2.75, 3.05) is 26.7 Å². The number of nitrogens with two attached hydrogens (primary N) is 1. The van der Waals surface area contributed by atoms with Crippen molar-refractivity contribution in [3.8, 4) is 0 Å². The van der Waals surface area contributed by atoms with E-state index < -0.39 is 0 Å². The highest BCUT2D eigenvalue weighted by molar-refractivity contribution is 5.85. The van der Waals surface area contributed by atoms with Crippen LogP contribution < -0.4 is 5.73 Å². The molecule has 2 unspecified atom stereocenters. The second-order valence-electron chi connectivity index (χ2n) is 5.99. The third-order valence-corrected chi connectivity index (χ3v) is 4.74. The third-order valence-electron chi connectivity index (χ3n) is 4.74. The summed E-state index contributed by atoms with van der Waals surface area (Å²) in [6.45, 7) is 3.38. The van der Waals surface area contributed by atoms with E-state index in [0.717, 1.165) is 19.5 Å². The molecule has 0 spiro atoms. The maximum atomic E-state index is 8.89. The fourth-order valence-corrected chi connectivity index (χ4v) is 3.48. The van der Waals surface area contributed by atoms with Gasteiger partial charge in [0.15, 0.2) is 5.84 Å². The van der Waals surface area contributed by atoms with E-state index in [1.54, 1.807) is 0 Å². The lowest BCUT2D eigenvalue weighted by Gasteiger charge is -2.38. The number of amidine groups is 1. The summed E-state index contributed by atoms with van der Waals surface area (Å²) < 4.78 is 0. The molecule has 19 heavy (non-hydrogen) atoms. The predicted octanol–water partition coefficient (Wildman–Crippen LogP) is 1.46. The molecule has 5 nitrogen and oxygen atoms in total. The van der Waals surface area contributed by atoms with Crippen molar-refractivity contribution in [3.05, 3.63) is 0 Å². The van der Waals surface area contributed by atoms with Crippen LogP contribution in [0.25, 0.3) is 0 Å². The van der Waals surface area contributed by atoms with E-state index in [-0.39, 0.29) is 6.04 Å². The van der Waals surface area contributed by atoms with Gasteiger partial charge in [-0.05, 0) is 52.2 Å². The van der Waals surface area contributed by atoms with Crippen LogP contribution in [0, 0.1) is 0 Å². The lowest BCUT2D eigenvalue weighted by Crippen LogP contribution is -2.49. The van der Waals surface area contributed by atoms with Gasteiger partial charge in [0.25, 0.3) is 0 Å². The van der Waals surface area contributed by atoms with Crippen molar-refractivity contribution < 1.29 is 5.21 Å². The molecule has 110 valence electrons. The van der Waals surface area contributed by atoms with Gasteiger partial charge in [0.2, 0.25) is 0 Å². The fraction of sp³-hybridized carbons (Fsp3) is 0.929. The fourth-order valence-electron chi connectivity index (χ4n) is 3.48.